The van der Waals surface area contributed by atoms with Crippen LogP contribution in [0.5, 0.6) is 0 Å². The molecule has 2 aliphatic heterocycles. The van der Waals surface area contributed by atoms with Gasteiger partial charge in [-0.05, 0) is 131 Å². The van der Waals surface area contributed by atoms with Crippen molar-refractivity contribution in [3.8, 4) is 61.8 Å². The van der Waals surface area contributed by atoms with Gasteiger partial charge in [-0.1, -0.05) is 296 Å². The van der Waals surface area contributed by atoms with Crippen LogP contribution in [-0.4, -0.2) is 29.5 Å². The van der Waals surface area contributed by atoms with Crippen LogP contribution in [0.3, 0.4) is 0 Å². The monoisotopic (exact) mass is 1410 g/mol. The lowest BCUT2D eigenvalue weighted by Gasteiger charge is -2.41. The largest absolute Gasteiger partial charge is 0.311 e. The number of aromatic nitrogens is 5. The summed E-state index contributed by atoms with van der Waals surface area (Å²) in [6, 6.07) is 143. The third kappa shape index (κ3) is 8.73. The van der Waals surface area contributed by atoms with Crippen molar-refractivity contribution in [2.24, 2.45) is 0 Å². The SMILES string of the molecule is c1ccc(-c2ccccc2N2c3cc(-c4cccc(-n5c6ccccc6c6ccccc65)c4-n4c5ccccc5c5ccccc54)ccc3B3c4ccc(-c5cccc(-n6c7ccccc7c7ccccc76)c5-n5c6ccccc6c6ccccc65)cc4Sc4cc(-n5c6ccccc6c6ccccc65)cc2c43)cc1. The lowest BCUT2D eigenvalue weighted by Crippen LogP contribution is -2.59. The van der Waals surface area contributed by atoms with Crippen LogP contribution >= 0.6 is 11.8 Å². The molecule has 17 aromatic carbocycles. The molecule has 5 aromatic heterocycles. The van der Waals surface area contributed by atoms with Gasteiger partial charge in [0, 0.05) is 97.4 Å². The quantitative estimate of drug-likeness (QED) is 0.135. The first kappa shape index (κ1) is 61.1. The number of fused-ring (bicyclic) bond motifs is 19. The second-order valence-corrected chi connectivity index (χ2v) is 30.4. The lowest BCUT2D eigenvalue weighted by atomic mass is 9.34. The van der Waals surface area contributed by atoms with E-state index >= 15 is 0 Å². The van der Waals surface area contributed by atoms with E-state index in [-0.39, 0.29) is 6.71 Å². The molecule has 8 heteroatoms. The molecule has 0 saturated carbocycles. The number of hydrogen-bond donors (Lipinski definition) is 0. The Hall–Kier alpha value is -14.0. The average molecular weight is 1420 g/mol. The van der Waals surface area contributed by atoms with Crippen molar-refractivity contribution in [1.82, 2.24) is 22.8 Å². The Morgan fingerprint density at radius 2 is 0.536 bits per heavy atom. The number of benzene rings is 17. The summed E-state index contributed by atoms with van der Waals surface area (Å²) < 4.78 is 12.6. The van der Waals surface area contributed by atoms with Gasteiger partial charge in [0.1, 0.15) is 0 Å². The van der Waals surface area contributed by atoms with Crippen LogP contribution in [0.2, 0.25) is 0 Å². The number of para-hydroxylation sites is 13. The molecule has 7 heterocycles. The Morgan fingerprint density at radius 1 is 0.200 bits per heavy atom. The van der Waals surface area contributed by atoms with Crippen molar-refractivity contribution in [2.45, 2.75) is 9.79 Å². The molecule has 0 atom stereocenters. The molecule has 0 unspecified atom stereocenters. The zero-order valence-electron chi connectivity index (χ0n) is 59.5. The highest BCUT2D eigenvalue weighted by molar-refractivity contribution is 8.00. The van der Waals surface area contributed by atoms with Gasteiger partial charge in [-0.25, -0.2) is 0 Å². The Morgan fingerprint density at radius 3 is 0.964 bits per heavy atom. The predicted molar refractivity (Wildman–Crippen MR) is 464 cm³/mol. The summed E-state index contributed by atoms with van der Waals surface area (Å²) in [4.78, 5) is 5.09. The van der Waals surface area contributed by atoms with E-state index in [1.54, 1.807) is 0 Å². The van der Waals surface area contributed by atoms with E-state index in [9.17, 15) is 0 Å². The van der Waals surface area contributed by atoms with E-state index in [2.05, 4.69) is 410 Å². The maximum absolute atomic E-state index is 2.64. The summed E-state index contributed by atoms with van der Waals surface area (Å²) in [6.45, 7) is -0.178. The Labute approximate surface area is 638 Å². The summed E-state index contributed by atoms with van der Waals surface area (Å²) >= 11 is 1.91. The van der Waals surface area contributed by atoms with Gasteiger partial charge < -0.3 is 27.7 Å². The maximum Gasteiger partial charge on any atom is 0.249 e. The van der Waals surface area contributed by atoms with E-state index in [4.69, 9.17) is 0 Å². The van der Waals surface area contributed by atoms with Crippen LogP contribution in [0.15, 0.2) is 392 Å². The minimum Gasteiger partial charge on any atom is -0.311 e. The number of rotatable bonds is 9. The summed E-state index contributed by atoms with van der Waals surface area (Å²) in [5.41, 5.74) is 31.1. The van der Waals surface area contributed by atoms with E-state index in [0.29, 0.717) is 0 Å². The highest BCUT2D eigenvalue weighted by Gasteiger charge is 2.43. The summed E-state index contributed by atoms with van der Waals surface area (Å²) in [5, 5.41) is 12.2. The van der Waals surface area contributed by atoms with Gasteiger partial charge >= 0.3 is 0 Å². The van der Waals surface area contributed by atoms with Crippen LogP contribution < -0.4 is 21.3 Å². The third-order valence-corrected chi connectivity index (χ3v) is 24.9. The predicted octanol–water partition coefficient (Wildman–Crippen LogP) is 24.9. The molecular formula is C102H63BN6S. The molecule has 0 fully saturated rings. The van der Waals surface area contributed by atoms with Crippen molar-refractivity contribution in [1.29, 1.82) is 0 Å². The summed E-state index contributed by atoms with van der Waals surface area (Å²) in [7, 11) is 0. The lowest BCUT2D eigenvalue weighted by molar-refractivity contribution is 1.10. The normalized spacial score (nSPS) is 12.7. The van der Waals surface area contributed by atoms with Crippen LogP contribution in [0, 0.1) is 0 Å². The molecular weight excluding hydrogens is 1350 g/mol. The second kappa shape index (κ2) is 23.7. The number of anilines is 3. The number of hydrogen-bond acceptors (Lipinski definition) is 2. The first-order valence-corrected chi connectivity index (χ1v) is 38.7. The molecule has 0 aliphatic carbocycles. The minimum atomic E-state index is -0.178. The van der Waals surface area contributed by atoms with Gasteiger partial charge in [-0.15, -0.1) is 0 Å². The highest BCUT2D eigenvalue weighted by atomic mass is 32.2. The van der Waals surface area contributed by atoms with Crippen LogP contribution in [-0.2, 0) is 0 Å². The Kier molecular flexibility index (Phi) is 13.2. The first-order chi connectivity index (χ1) is 54.6. The molecule has 0 radical (unpaired) electrons. The fourth-order valence-electron chi connectivity index (χ4n) is 19.2. The van der Waals surface area contributed by atoms with Crippen molar-refractivity contribution in [3.63, 3.8) is 0 Å². The van der Waals surface area contributed by atoms with Crippen molar-refractivity contribution >= 4 is 161 Å². The molecule has 0 bridgehead atoms. The van der Waals surface area contributed by atoms with E-state index in [1.807, 2.05) is 11.8 Å². The van der Waals surface area contributed by atoms with Gasteiger partial charge in [0.05, 0.1) is 83.6 Å². The molecule has 510 valence electrons. The van der Waals surface area contributed by atoms with E-state index < -0.39 is 0 Å². The Balaban J connectivity index is 0.798. The zero-order valence-corrected chi connectivity index (χ0v) is 60.4. The molecule has 2 aliphatic rings. The van der Waals surface area contributed by atoms with Crippen LogP contribution in [0.4, 0.5) is 17.1 Å². The van der Waals surface area contributed by atoms with E-state index in [1.165, 1.54) is 91.1 Å². The molecule has 6 nitrogen and oxygen atoms in total. The fraction of sp³-hybridized carbons (Fsp3) is 0. The average Bonchev–Trinajstić information content (AvgIpc) is 1.08. The molecule has 22 aromatic rings. The number of nitrogens with zero attached hydrogens (tertiary/aromatic N) is 6. The molecule has 0 N–H and O–H groups in total. The molecule has 24 rings (SSSR count). The van der Waals surface area contributed by atoms with Gasteiger partial charge in [-0.3, -0.25) is 0 Å². The van der Waals surface area contributed by atoms with Crippen LogP contribution in [0.25, 0.3) is 171 Å². The first-order valence-electron chi connectivity index (χ1n) is 37.9. The van der Waals surface area contributed by atoms with E-state index in [0.717, 1.165) is 123 Å². The van der Waals surface area contributed by atoms with Crippen LogP contribution in [0.1, 0.15) is 0 Å². The topological polar surface area (TPSA) is 27.9 Å². The molecule has 0 spiro atoms. The third-order valence-electron chi connectivity index (χ3n) is 23.7. The second-order valence-electron chi connectivity index (χ2n) is 29.4. The molecule has 110 heavy (non-hydrogen) atoms. The highest BCUT2D eigenvalue weighted by Crippen LogP contribution is 2.51. The summed E-state index contributed by atoms with van der Waals surface area (Å²) in [6.07, 6.45) is 0. The molecule has 0 saturated heterocycles. The minimum absolute atomic E-state index is 0.178. The van der Waals surface area contributed by atoms with Crippen molar-refractivity contribution < 1.29 is 0 Å². The van der Waals surface area contributed by atoms with Gasteiger partial charge in [-0.2, -0.15) is 0 Å². The van der Waals surface area contributed by atoms with Gasteiger partial charge in [0.15, 0.2) is 0 Å². The summed E-state index contributed by atoms with van der Waals surface area (Å²) in [5.74, 6) is 0. The standard InChI is InChI=1S/C102H63BN6S/c1-2-28-64(29-3-1)68-30-4-15-43-83(68)107-96-60-65(69-41-26-54-94(105-86-46-18-7-33-73(86)74-34-8-19-47-87(74)105)101(69)108-90-50-22-11-37-77(90)78-38-12-23-51-91(78)108)56-58-81(96)103-82-59-57-66(61-98(82)110-99-63-67(62-97(107)100(99)103)104-84-44-16-5-31-71(84)72-32-6-17-45-85(72)104)70-42-27-55-95(106-88-48-20-9-35-75(88)76-36-10-21-49-89(76)106)102(70)109-92-52-24-13-39-79(92)80-40-14-25-53-93(80)109/h1-63H. The molecule has 0 amide bonds. The fourth-order valence-corrected chi connectivity index (χ4v) is 20.5. The van der Waals surface area contributed by atoms with Gasteiger partial charge in [0.25, 0.3) is 0 Å². The van der Waals surface area contributed by atoms with Gasteiger partial charge in [0.2, 0.25) is 6.71 Å². The van der Waals surface area contributed by atoms with Crippen molar-refractivity contribution in [3.05, 3.63) is 382 Å². The van der Waals surface area contributed by atoms with Crippen molar-refractivity contribution in [2.75, 3.05) is 4.90 Å². The zero-order chi connectivity index (χ0) is 71.8. The maximum atomic E-state index is 2.64. The smallest absolute Gasteiger partial charge is 0.249 e. The Bertz CT molecular complexity index is 7410.